The number of aliphatic carboxylic acids is 1. The Hall–Kier alpha value is -2.04. The fourth-order valence-electron chi connectivity index (χ4n) is 3.39. The van der Waals surface area contributed by atoms with Gasteiger partial charge in [0.1, 0.15) is 5.75 Å². The molecule has 3 unspecified atom stereocenters. The topological polar surface area (TPSA) is 75.6 Å². The number of amides is 1. The fourth-order valence-corrected chi connectivity index (χ4v) is 3.39. The summed E-state index contributed by atoms with van der Waals surface area (Å²) in [6.45, 7) is 3.86. The van der Waals surface area contributed by atoms with Crippen molar-refractivity contribution >= 4 is 11.9 Å². The number of carbonyl (C=O) groups is 2. The van der Waals surface area contributed by atoms with Crippen LogP contribution in [0.5, 0.6) is 5.75 Å². The second-order valence-corrected chi connectivity index (χ2v) is 6.88. The van der Waals surface area contributed by atoms with Gasteiger partial charge < -0.3 is 15.2 Å². The van der Waals surface area contributed by atoms with Crippen LogP contribution in [0.15, 0.2) is 24.3 Å². The Morgan fingerprint density at radius 1 is 1.29 bits per heavy atom. The van der Waals surface area contributed by atoms with E-state index in [0.717, 1.165) is 24.3 Å². The van der Waals surface area contributed by atoms with Gasteiger partial charge in [0.05, 0.1) is 6.04 Å². The van der Waals surface area contributed by atoms with Gasteiger partial charge in [-0.3, -0.25) is 4.79 Å². The smallest absolute Gasteiger partial charge is 0.341 e. The summed E-state index contributed by atoms with van der Waals surface area (Å²) >= 11 is 0. The number of nitrogens with one attached hydrogen (secondary N) is 1. The zero-order valence-electron chi connectivity index (χ0n) is 14.5. The van der Waals surface area contributed by atoms with Gasteiger partial charge in [-0.1, -0.05) is 31.9 Å². The highest BCUT2D eigenvalue weighted by atomic mass is 16.5. The predicted octanol–water partition coefficient (Wildman–Crippen LogP) is 3.54. The Morgan fingerprint density at radius 3 is 2.62 bits per heavy atom. The monoisotopic (exact) mass is 333 g/mol. The van der Waals surface area contributed by atoms with Gasteiger partial charge in [0, 0.05) is 6.42 Å². The van der Waals surface area contributed by atoms with E-state index in [1.807, 2.05) is 19.1 Å². The first-order valence-corrected chi connectivity index (χ1v) is 8.68. The molecule has 1 aliphatic carbocycles. The number of carbonyl (C=O) groups excluding carboxylic acids is 1. The molecule has 3 atom stereocenters. The average Bonchev–Trinajstić information content (AvgIpc) is 2.53. The van der Waals surface area contributed by atoms with Gasteiger partial charge in [0.25, 0.3) is 0 Å². The molecule has 0 spiro atoms. The lowest BCUT2D eigenvalue weighted by atomic mass is 9.80. The number of hydrogen-bond acceptors (Lipinski definition) is 3. The van der Waals surface area contributed by atoms with Crippen molar-refractivity contribution < 1.29 is 19.4 Å². The van der Waals surface area contributed by atoms with Gasteiger partial charge in [-0.15, -0.1) is 0 Å². The number of carboxylic acid groups (broad SMARTS) is 1. The van der Waals surface area contributed by atoms with E-state index in [-0.39, 0.29) is 18.6 Å². The van der Waals surface area contributed by atoms with Crippen molar-refractivity contribution in [3.8, 4) is 5.75 Å². The van der Waals surface area contributed by atoms with E-state index in [9.17, 15) is 9.59 Å². The SMILES string of the molecule is CC1CCCC(CC(=O)NC(C)c2ccc(OCC(=O)O)cc2)C1. The lowest BCUT2D eigenvalue weighted by Gasteiger charge is -2.26. The summed E-state index contributed by atoms with van der Waals surface area (Å²) in [7, 11) is 0. The van der Waals surface area contributed by atoms with Gasteiger partial charge in [0.2, 0.25) is 5.91 Å². The lowest BCUT2D eigenvalue weighted by molar-refractivity contribution is -0.139. The van der Waals surface area contributed by atoms with E-state index in [2.05, 4.69) is 12.2 Å². The molecule has 0 saturated heterocycles. The number of hydrogen-bond donors (Lipinski definition) is 2. The summed E-state index contributed by atoms with van der Waals surface area (Å²) in [5.41, 5.74) is 0.975. The maximum atomic E-state index is 12.2. The molecule has 1 saturated carbocycles. The second-order valence-electron chi connectivity index (χ2n) is 6.88. The standard InChI is InChI=1S/C19H27NO4/c1-13-4-3-5-15(10-13)11-18(21)20-14(2)16-6-8-17(9-7-16)24-12-19(22)23/h6-9,13-15H,3-5,10-12H2,1-2H3,(H,20,21)(H,22,23). The third kappa shape index (κ3) is 5.87. The normalized spacial score (nSPS) is 21.8. The molecule has 2 rings (SSSR count). The summed E-state index contributed by atoms with van der Waals surface area (Å²) in [6, 6.07) is 7.08. The zero-order valence-corrected chi connectivity index (χ0v) is 14.5. The van der Waals surface area contributed by atoms with E-state index >= 15 is 0 Å². The van der Waals surface area contributed by atoms with E-state index in [0.29, 0.717) is 18.1 Å². The van der Waals surface area contributed by atoms with Crippen LogP contribution >= 0.6 is 0 Å². The lowest BCUT2D eigenvalue weighted by Crippen LogP contribution is -2.29. The molecule has 0 bridgehead atoms. The van der Waals surface area contributed by atoms with Crippen LogP contribution in [0, 0.1) is 11.8 Å². The summed E-state index contributed by atoms with van der Waals surface area (Å²) in [5.74, 6) is 0.848. The Kier molecular flexibility index (Phi) is 6.64. The van der Waals surface area contributed by atoms with Gasteiger partial charge in [-0.05, 0) is 49.3 Å². The molecule has 0 aromatic heterocycles. The maximum Gasteiger partial charge on any atom is 0.341 e. The average molecular weight is 333 g/mol. The molecular weight excluding hydrogens is 306 g/mol. The van der Waals surface area contributed by atoms with Crippen LogP contribution < -0.4 is 10.1 Å². The van der Waals surface area contributed by atoms with Crippen molar-refractivity contribution in [2.45, 2.75) is 52.0 Å². The minimum absolute atomic E-state index is 0.0768. The molecule has 2 N–H and O–H groups in total. The van der Waals surface area contributed by atoms with Crippen molar-refractivity contribution in [3.05, 3.63) is 29.8 Å². The third-order valence-corrected chi connectivity index (χ3v) is 4.64. The third-order valence-electron chi connectivity index (χ3n) is 4.64. The van der Waals surface area contributed by atoms with Crippen LogP contribution in [0.4, 0.5) is 0 Å². The largest absolute Gasteiger partial charge is 0.482 e. The Bertz CT molecular complexity index is 555. The van der Waals surface area contributed by atoms with E-state index in [1.54, 1.807) is 12.1 Å². The fraction of sp³-hybridized carbons (Fsp3) is 0.579. The van der Waals surface area contributed by atoms with Crippen LogP contribution in [0.1, 0.15) is 57.6 Å². The summed E-state index contributed by atoms with van der Waals surface area (Å²) < 4.78 is 5.11. The Balaban J connectivity index is 1.81. The molecule has 0 aliphatic heterocycles. The van der Waals surface area contributed by atoms with Crippen LogP contribution in [0.2, 0.25) is 0 Å². The number of ether oxygens (including phenoxy) is 1. The number of benzene rings is 1. The molecule has 0 heterocycles. The van der Waals surface area contributed by atoms with E-state index in [4.69, 9.17) is 9.84 Å². The maximum absolute atomic E-state index is 12.2. The highest BCUT2D eigenvalue weighted by Crippen LogP contribution is 2.30. The van der Waals surface area contributed by atoms with Gasteiger partial charge in [-0.25, -0.2) is 4.79 Å². The molecule has 1 fully saturated rings. The van der Waals surface area contributed by atoms with Crippen LogP contribution in [-0.4, -0.2) is 23.6 Å². The first kappa shape index (κ1) is 18.3. The minimum atomic E-state index is -1.00. The van der Waals surface area contributed by atoms with Crippen molar-refractivity contribution in [1.82, 2.24) is 5.32 Å². The van der Waals surface area contributed by atoms with Crippen LogP contribution in [0.25, 0.3) is 0 Å². The molecule has 1 aliphatic rings. The van der Waals surface area contributed by atoms with E-state index < -0.39 is 5.97 Å². The molecule has 5 heteroatoms. The predicted molar refractivity (Wildman–Crippen MR) is 91.9 cm³/mol. The van der Waals surface area contributed by atoms with Crippen molar-refractivity contribution in [1.29, 1.82) is 0 Å². The summed E-state index contributed by atoms with van der Waals surface area (Å²) in [6.07, 6.45) is 5.42. The van der Waals surface area contributed by atoms with E-state index in [1.165, 1.54) is 12.8 Å². The molecular formula is C19H27NO4. The molecule has 1 aromatic carbocycles. The van der Waals surface area contributed by atoms with Gasteiger partial charge >= 0.3 is 5.97 Å². The number of rotatable bonds is 7. The van der Waals surface area contributed by atoms with Crippen molar-refractivity contribution in [2.75, 3.05) is 6.61 Å². The first-order chi connectivity index (χ1) is 11.4. The molecule has 1 amide bonds. The summed E-state index contributed by atoms with van der Waals surface area (Å²) in [5, 5.41) is 11.6. The second kappa shape index (κ2) is 8.71. The zero-order chi connectivity index (χ0) is 17.5. The first-order valence-electron chi connectivity index (χ1n) is 8.68. The molecule has 132 valence electrons. The summed E-state index contributed by atoms with van der Waals surface area (Å²) in [4.78, 5) is 22.7. The van der Waals surface area contributed by atoms with Crippen molar-refractivity contribution in [2.24, 2.45) is 11.8 Å². The van der Waals surface area contributed by atoms with Gasteiger partial charge in [-0.2, -0.15) is 0 Å². The van der Waals surface area contributed by atoms with Crippen LogP contribution in [-0.2, 0) is 9.59 Å². The highest BCUT2D eigenvalue weighted by molar-refractivity contribution is 5.76. The molecule has 5 nitrogen and oxygen atoms in total. The van der Waals surface area contributed by atoms with Crippen LogP contribution in [0.3, 0.4) is 0 Å². The minimum Gasteiger partial charge on any atom is -0.482 e. The number of carboxylic acids is 1. The Morgan fingerprint density at radius 2 is 2.00 bits per heavy atom. The highest BCUT2D eigenvalue weighted by Gasteiger charge is 2.22. The quantitative estimate of drug-likeness (QED) is 0.800. The Labute approximate surface area is 143 Å². The van der Waals surface area contributed by atoms with Gasteiger partial charge in [0.15, 0.2) is 6.61 Å². The molecule has 24 heavy (non-hydrogen) atoms. The van der Waals surface area contributed by atoms with Crippen molar-refractivity contribution in [3.63, 3.8) is 0 Å². The molecule has 1 aromatic rings. The molecule has 0 radical (unpaired) electrons.